The van der Waals surface area contributed by atoms with E-state index >= 15 is 0 Å². The van der Waals surface area contributed by atoms with Crippen molar-refractivity contribution in [1.29, 1.82) is 0 Å². The van der Waals surface area contributed by atoms with Crippen molar-refractivity contribution in [2.75, 3.05) is 0 Å². The Balaban J connectivity index is 2.16. The van der Waals surface area contributed by atoms with Crippen LogP contribution in [-0.4, -0.2) is 4.57 Å². The van der Waals surface area contributed by atoms with Gasteiger partial charge in [0.05, 0.1) is 12.2 Å². The smallest absolute Gasteiger partial charge is 0.250 e. The lowest BCUT2D eigenvalue weighted by atomic mass is 9.97. The lowest BCUT2D eigenvalue weighted by molar-refractivity contribution is -0.0164. The molecule has 0 saturated carbocycles. The summed E-state index contributed by atoms with van der Waals surface area (Å²) in [5, 5.41) is 0.725. The van der Waals surface area contributed by atoms with E-state index in [9.17, 15) is 4.79 Å². The molecule has 0 aliphatic carbocycles. The van der Waals surface area contributed by atoms with Crippen LogP contribution in [0, 0.1) is 13.8 Å². The van der Waals surface area contributed by atoms with E-state index in [2.05, 4.69) is 26.8 Å². The van der Waals surface area contributed by atoms with Crippen molar-refractivity contribution in [3.63, 3.8) is 0 Å². The highest BCUT2D eigenvalue weighted by atomic mass is 35.5. The van der Waals surface area contributed by atoms with Gasteiger partial charge in [0.2, 0.25) is 0 Å². The number of fused-ring (bicyclic) bond motifs is 3. The van der Waals surface area contributed by atoms with Crippen LogP contribution in [0.25, 0.3) is 10.4 Å². The molecule has 2 aromatic heterocycles. The molecule has 1 aliphatic rings. The maximum absolute atomic E-state index is 12.4. The third-order valence-electron chi connectivity index (χ3n) is 5.39. The maximum atomic E-state index is 12.4. The van der Waals surface area contributed by atoms with Crippen molar-refractivity contribution >= 4 is 22.9 Å². The first kappa shape index (κ1) is 21.1. The van der Waals surface area contributed by atoms with Gasteiger partial charge in [0.25, 0.3) is 5.56 Å². The average molecular weight is 418 g/mol. The second-order valence-corrected chi connectivity index (χ2v) is 8.99. The summed E-state index contributed by atoms with van der Waals surface area (Å²) >= 11 is 7.93. The van der Waals surface area contributed by atoms with Crippen LogP contribution < -0.4 is 5.56 Å². The Hall–Kier alpha value is -1.62. The number of hydrogen-bond donors (Lipinski definition) is 0. The summed E-state index contributed by atoms with van der Waals surface area (Å²) in [5.41, 5.74) is 4.70. The minimum Gasteiger partial charge on any atom is -0.365 e. The summed E-state index contributed by atoms with van der Waals surface area (Å²) < 4.78 is 8.32. The van der Waals surface area contributed by atoms with Gasteiger partial charge in [0.15, 0.2) is 0 Å². The normalized spacial score (nSPS) is 19.6. The number of pyridine rings is 1. The highest BCUT2D eigenvalue weighted by Gasteiger charge is 2.32. The third kappa shape index (κ3) is 4.05. The molecular formula is C23H28ClNO2S. The SMILES string of the molecule is C/C=C(Cl)\C=C/CC1OC(CCC)c2cc(=O)n(C)cc2-c2sc(C)c(C)c21. The molecule has 150 valence electrons. The standard InChI is InChI=1S/C23H28ClNO2S/c1-6-9-19-17-12-21(26)25(5)13-18(17)23-22(14(3)15(4)28-23)20(27-19)11-8-10-16(24)7-2/h7-8,10,12-13,19-20H,6,9,11H2,1-5H3/b10-8-,16-7+. The molecule has 2 atom stereocenters. The van der Waals surface area contributed by atoms with Crippen molar-refractivity contribution in [3.8, 4) is 10.4 Å². The largest absolute Gasteiger partial charge is 0.365 e. The Bertz CT molecular complexity index is 983. The van der Waals surface area contributed by atoms with Crippen molar-refractivity contribution in [3.05, 3.63) is 67.4 Å². The van der Waals surface area contributed by atoms with Crippen LogP contribution in [0.2, 0.25) is 0 Å². The van der Waals surface area contributed by atoms with E-state index < -0.39 is 0 Å². The Kier molecular flexibility index (Phi) is 6.64. The van der Waals surface area contributed by atoms with Gasteiger partial charge in [-0.15, -0.1) is 11.3 Å². The van der Waals surface area contributed by atoms with Gasteiger partial charge in [0.1, 0.15) is 0 Å². The number of hydrogen-bond acceptors (Lipinski definition) is 3. The minimum absolute atomic E-state index is 0.00761. The molecule has 28 heavy (non-hydrogen) atoms. The summed E-state index contributed by atoms with van der Waals surface area (Å²) in [5.74, 6) is 0. The second-order valence-electron chi connectivity index (χ2n) is 7.33. The fraction of sp³-hybridized carbons (Fsp3) is 0.435. The van der Waals surface area contributed by atoms with E-state index in [1.807, 2.05) is 32.3 Å². The lowest BCUT2D eigenvalue weighted by Crippen LogP contribution is -2.18. The van der Waals surface area contributed by atoms with Crippen LogP contribution in [-0.2, 0) is 11.8 Å². The average Bonchev–Trinajstić information content (AvgIpc) is 2.90. The van der Waals surface area contributed by atoms with E-state index in [1.54, 1.807) is 22.0 Å². The molecule has 2 unspecified atom stereocenters. The van der Waals surface area contributed by atoms with Gasteiger partial charge >= 0.3 is 0 Å². The zero-order valence-corrected chi connectivity index (χ0v) is 18.8. The van der Waals surface area contributed by atoms with Crippen LogP contribution in [0.1, 0.15) is 66.9 Å². The first-order valence-electron chi connectivity index (χ1n) is 9.82. The first-order valence-corrected chi connectivity index (χ1v) is 11.0. The molecule has 0 radical (unpaired) electrons. The quantitative estimate of drug-likeness (QED) is 0.505. The van der Waals surface area contributed by atoms with Crippen molar-refractivity contribution in [2.24, 2.45) is 7.05 Å². The third-order valence-corrected chi connectivity index (χ3v) is 6.99. The van der Waals surface area contributed by atoms with E-state index in [-0.39, 0.29) is 17.8 Å². The summed E-state index contributed by atoms with van der Waals surface area (Å²) in [6.07, 6.45) is 10.4. The van der Waals surface area contributed by atoms with Crippen LogP contribution >= 0.6 is 22.9 Å². The Labute approximate surface area is 176 Å². The predicted octanol–water partition coefficient (Wildman–Crippen LogP) is 6.73. The van der Waals surface area contributed by atoms with Crippen LogP contribution in [0.5, 0.6) is 0 Å². The van der Waals surface area contributed by atoms with Crippen LogP contribution in [0.3, 0.4) is 0 Å². The molecule has 0 fully saturated rings. The highest BCUT2D eigenvalue weighted by Crippen LogP contribution is 2.49. The molecule has 1 aliphatic heterocycles. The zero-order chi connectivity index (χ0) is 20.4. The molecule has 0 bridgehead atoms. The monoisotopic (exact) mass is 417 g/mol. The molecule has 0 N–H and O–H groups in total. The summed E-state index contributed by atoms with van der Waals surface area (Å²) in [7, 11) is 1.81. The van der Waals surface area contributed by atoms with Crippen molar-refractivity contribution in [2.45, 2.75) is 59.2 Å². The fourth-order valence-electron chi connectivity index (χ4n) is 3.73. The number of halogens is 1. The second kappa shape index (κ2) is 8.81. The fourth-order valence-corrected chi connectivity index (χ4v) is 5.07. The van der Waals surface area contributed by atoms with Gasteiger partial charge < -0.3 is 9.30 Å². The minimum atomic E-state index is -0.0798. The molecule has 0 amide bonds. The molecule has 2 aromatic rings. The number of aryl methyl sites for hydroxylation is 2. The molecule has 0 aromatic carbocycles. The van der Waals surface area contributed by atoms with E-state index in [4.69, 9.17) is 16.3 Å². The molecule has 3 rings (SSSR count). The zero-order valence-electron chi connectivity index (χ0n) is 17.2. The number of aromatic nitrogens is 1. The van der Waals surface area contributed by atoms with Crippen LogP contribution in [0.4, 0.5) is 0 Å². The molecule has 3 heterocycles. The number of allylic oxidation sites excluding steroid dienone is 3. The number of rotatable bonds is 5. The highest BCUT2D eigenvalue weighted by molar-refractivity contribution is 7.15. The summed E-state index contributed by atoms with van der Waals surface area (Å²) in [4.78, 5) is 14.9. The first-order chi connectivity index (χ1) is 13.4. The predicted molar refractivity (Wildman–Crippen MR) is 119 cm³/mol. The maximum Gasteiger partial charge on any atom is 0.250 e. The summed E-state index contributed by atoms with van der Waals surface area (Å²) in [6.45, 7) is 8.41. The van der Waals surface area contributed by atoms with E-state index in [0.717, 1.165) is 35.4 Å². The molecule has 3 nitrogen and oxygen atoms in total. The van der Waals surface area contributed by atoms with Gasteiger partial charge in [-0.1, -0.05) is 37.1 Å². The van der Waals surface area contributed by atoms with Crippen LogP contribution in [0.15, 0.2) is 40.3 Å². The van der Waals surface area contributed by atoms with E-state index in [0.29, 0.717) is 0 Å². The van der Waals surface area contributed by atoms with Crippen molar-refractivity contribution in [1.82, 2.24) is 4.57 Å². The lowest BCUT2D eigenvalue weighted by Gasteiger charge is -2.23. The molecule has 0 saturated heterocycles. The Morgan fingerprint density at radius 3 is 2.79 bits per heavy atom. The summed E-state index contributed by atoms with van der Waals surface area (Å²) in [6, 6.07) is 1.76. The molecular weight excluding hydrogens is 390 g/mol. The van der Waals surface area contributed by atoms with Gasteiger partial charge in [-0.25, -0.2) is 0 Å². The molecule has 0 spiro atoms. The Morgan fingerprint density at radius 1 is 1.36 bits per heavy atom. The topological polar surface area (TPSA) is 31.2 Å². The molecule has 5 heteroatoms. The Morgan fingerprint density at radius 2 is 2.11 bits per heavy atom. The van der Waals surface area contributed by atoms with Gasteiger partial charge in [-0.2, -0.15) is 0 Å². The van der Waals surface area contributed by atoms with E-state index in [1.165, 1.54) is 20.9 Å². The number of nitrogens with zero attached hydrogens (tertiary/aromatic N) is 1. The number of ether oxygens (including phenoxy) is 1. The van der Waals surface area contributed by atoms with Gasteiger partial charge in [-0.05, 0) is 50.8 Å². The van der Waals surface area contributed by atoms with Crippen molar-refractivity contribution < 1.29 is 4.74 Å². The van der Waals surface area contributed by atoms with Gasteiger partial charge in [-0.3, -0.25) is 4.79 Å². The van der Waals surface area contributed by atoms with Gasteiger partial charge in [0, 0.05) is 45.2 Å². The number of thiophene rings is 1.